The van der Waals surface area contributed by atoms with Crippen LogP contribution in [0.2, 0.25) is 0 Å². The first kappa shape index (κ1) is 11.3. The standard InChI is InChI=1S/C10H18INO/c1-8(11)12-6-4-5-10(2,3)7-9(12)13/h8H,4-7H2,1-3H3. The van der Waals surface area contributed by atoms with Crippen LogP contribution < -0.4 is 0 Å². The minimum absolute atomic E-state index is 0.206. The zero-order valence-corrected chi connectivity index (χ0v) is 10.8. The zero-order valence-electron chi connectivity index (χ0n) is 8.64. The van der Waals surface area contributed by atoms with Crippen molar-refractivity contribution >= 4 is 28.5 Å². The monoisotopic (exact) mass is 295 g/mol. The van der Waals surface area contributed by atoms with Gasteiger partial charge in [-0.25, -0.2) is 0 Å². The molecule has 0 N–H and O–H groups in total. The van der Waals surface area contributed by atoms with Gasteiger partial charge in [0.25, 0.3) is 0 Å². The number of carbonyl (C=O) groups is 1. The second-order valence-electron chi connectivity index (χ2n) is 4.61. The lowest BCUT2D eigenvalue weighted by molar-refractivity contribution is -0.132. The lowest BCUT2D eigenvalue weighted by atomic mass is 9.85. The van der Waals surface area contributed by atoms with Crippen molar-refractivity contribution in [2.75, 3.05) is 6.54 Å². The van der Waals surface area contributed by atoms with Gasteiger partial charge in [-0.2, -0.15) is 0 Å². The van der Waals surface area contributed by atoms with E-state index in [0.717, 1.165) is 13.0 Å². The molecule has 0 aromatic heterocycles. The third-order valence-electron chi connectivity index (χ3n) is 2.63. The van der Waals surface area contributed by atoms with E-state index in [9.17, 15) is 4.79 Å². The molecule has 1 rings (SSSR count). The van der Waals surface area contributed by atoms with Crippen molar-refractivity contribution in [1.82, 2.24) is 4.90 Å². The Morgan fingerprint density at radius 3 is 2.69 bits per heavy atom. The number of nitrogens with zero attached hydrogens (tertiary/aromatic N) is 1. The molecule has 0 aromatic carbocycles. The van der Waals surface area contributed by atoms with Gasteiger partial charge in [-0.05, 0) is 25.2 Å². The predicted molar refractivity (Wildman–Crippen MR) is 62.8 cm³/mol. The van der Waals surface area contributed by atoms with E-state index >= 15 is 0 Å². The van der Waals surface area contributed by atoms with E-state index in [4.69, 9.17) is 0 Å². The fourth-order valence-corrected chi connectivity index (χ4v) is 2.42. The summed E-state index contributed by atoms with van der Waals surface area (Å²) in [6, 6.07) is 0. The van der Waals surface area contributed by atoms with Gasteiger partial charge in [0.15, 0.2) is 0 Å². The summed E-state index contributed by atoms with van der Waals surface area (Å²) in [7, 11) is 0. The number of halogens is 1. The minimum Gasteiger partial charge on any atom is -0.331 e. The normalized spacial score (nSPS) is 25.5. The molecule has 0 bridgehead atoms. The van der Waals surface area contributed by atoms with Gasteiger partial charge in [0, 0.05) is 13.0 Å². The topological polar surface area (TPSA) is 20.3 Å². The number of alkyl halides is 1. The molecule has 2 nitrogen and oxygen atoms in total. The molecular weight excluding hydrogens is 277 g/mol. The van der Waals surface area contributed by atoms with Crippen molar-refractivity contribution in [3.63, 3.8) is 0 Å². The number of amides is 1. The second kappa shape index (κ2) is 4.15. The van der Waals surface area contributed by atoms with Gasteiger partial charge in [0.2, 0.25) is 5.91 Å². The molecule has 1 aliphatic rings. The van der Waals surface area contributed by atoms with Gasteiger partial charge in [-0.1, -0.05) is 36.4 Å². The summed E-state index contributed by atoms with van der Waals surface area (Å²) in [5, 5.41) is 0. The van der Waals surface area contributed by atoms with Gasteiger partial charge in [-0.15, -0.1) is 0 Å². The first-order valence-corrected chi connectivity index (χ1v) is 6.10. The molecule has 76 valence electrons. The van der Waals surface area contributed by atoms with E-state index in [-0.39, 0.29) is 5.41 Å². The number of hydrogen-bond acceptors (Lipinski definition) is 1. The Morgan fingerprint density at radius 1 is 1.54 bits per heavy atom. The van der Waals surface area contributed by atoms with Gasteiger partial charge in [0.05, 0.1) is 4.05 Å². The van der Waals surface area contributed by atoms with Gasteiger partial charge < -0.3 is 4.90 Å². The maximum absolute atomic E-state index is 11.8. The van der Waals surface area contributed by atoms with Crippen LogP contribution in [-0.2, 0) is 4.79 Å². The molecule has 1 atom stereocenters. The van der Waals surface area contributed by atoms with E-state index in [2.05, 4.69) is 43.4 Å². The summed E-state index contributed by atoms with van der Waals surface area (Å²) in [5.74, 6) is 0.324. The molecule has 1 fully saturated rings. The van der Waals surface area contributed by atoms with Crippen LogP contribution in [0.1, 0.15) is 40.0 Å². The first-order chi connectivity index (χ1) is 5.92. The Labute approximate surface area is 94.2 Å². The van der Waals surface area contributed by atoms with Crippen molar-refractivity contribution < 1.29 is 4.79 Å². The summed E-state index contributed by atoms with van der Waals surface area (Å²) in [5.41, 5.74) is 0.206. The molecule has 1 unspecified atom stereocenters. The van der Waals surface area contributed by atoms with Crippen LogP contribution in [0, 0.1) is 5.41 Å². The highest BCUT2D eigenvalue weighted by atomic mass is 127. The second-order valence-corrected chi connectivity index (χ2v) is 6.41. The molecule has 0 saturated carbocycles. The SMILES string of the molecule is CC(I)N1CCCC(C)(C)CC1=O. The fourth-order valence-electron chi connectivity index (χ4n) is 1.83. The summed E-state index contributed by atoms with van der Waals surface area (Å²) in [4.78, 5) is 13.8. The van der Waals surface area contributed by atoms with Gasteiger partial charge in [0.1, 0.15) is 0 Å². The van der Waals surface area contributed by atoms with E-state index < -0.39 is 0 Å². The zero-order chi connectivity index (χ0) is 10.1. The highest BCUT2D eigenvalue weighted by molar-refractivity contribution is 14.1. The number of rotatable bonds is 1. The molecular formula is C10H18INO. The van der Waals surface area contributed by atoms with Crippen molar-refractivity contribution in [2.24, 2.45) is 5.41 Å². The van der Waals surface area contributed by atoms with Crippen LogP contribution in [0.15, 0.2) is 0 Å². The highest BCUT2D eigenvalue weighted by Gasteiger charge is 2.29. The molecule has 3 heteroatoms. The first-order valence-electron chi connectivity index (χ1n) is 4.86. The smallest absolute Gasteiger partial charge is 0.223 e. The van der Waals surface area contributed by atoms with Crippen LogP contribution in [0.25, 0.3) is 0 Å². The number of hydrogen-bond donors (Lipinski definition) is 0. The van der Waals surface area contributed by atoms with E-state index in [1.165, 1.54) is 6.42 Å². The predicted octanol–water partition coefficient (Wildman–Crippen LogP) is 2.81. The molecule has 0 aromatic rings. The van der Waals surface area contributed by atoms with E-state index in [0.29, 0.717) is 16.4 Å². The van der Waals surface area contributed by atoms with Crippen LogP contribution in [-0.4, -0.2) is 21.4 Å². The fraction of sp³-hybridized carbons (Fsp3) is 0.900. The molecule has 0 spiro atoms. The Bertz CT molecular complexity index is 201. The average molecular weight is 295 g/mol. The van der Waals surface area contributed by atoms with Crippen molar-refractivity contribution in [3.8, 4) is 0 Å². The summed E-state index contributed by atoms with van der Waals surface area (Å²) in [6.07, 6.45) is 3.02. The van der Waals surface area contributed by atoms with Gasteiger partial charge in [-0.3, -0.25) is 4.79 Å². The van der Waals surface area contributed by atoms with Crippen LogP contribution in [0.4, 0.5) is 0 Å². The van der Waals surface area contributed by atoms with Crippen LogP contribution in [0.3, 0.4) is 0 Å². The maximum atomic E-state index is 11.8. The number of likely N-dealkylation sites (tertiary alicyclic amines) is 1. The molecule has 1 amide bonds. The molecule has 0 radical (unpaired) electrons. The van der Waals surface area contributed by atoms with Crippen molar-refractivity contribution in [2.45, 2.75) is 44.1 Å². The van der Waals surface area contributed by atoms with Gasteiger partial charge >= 0.3 is 0 Å². The van der Waals surface area contributed by atoms with E-state index in [1.54, 1.807) is 0 Å². The quantitative estimate of drug-likeness (QED) is 0.414. The molecule has 0 aliphatic carbocycles. The summed E-state index contributed by atoms with van der Waals surface area (Å²) in [6.45, 7) is 7.39. The largest absolute Gasteiger partial charge is 0.331 e. The molecule has 1 heterocycles. The van der Waals surface area contributed by atoms with Crippen molar-refractivity contribution in [3.05, 3.63) is 0 Å². The highest BCUT2D eigenvalue weighted by Crippen LogP contribution is 2.31. The third-order valence-corrected chi connectivity index (χ3v) is 3.30. The molecule has 1 aliphatic heterocycles. The van der Waals surface area contributed by atoms with Crippen molar-refractivity contribution in [1.29, 1.82) is 0 Å². The van der Waals surface area contributed by atoms with Crippen LogP contribution >= 0.6 is 22.6 Å². The Kier molecular flexibility index (Phi) is 3.60. The molecule has 13 heavy (non-hydrogen) atoms. The number of carbonyl (C=O) groups excluding carboxylic acids is 1. The minimum atomic E-state index is 0.206. The lowest BCUT2D eigenvalue weighted by Crippen LogP contribution is -2.35. The third kappa shape index (κ3) is 3.11. The lowest BCUT2D eigenvalue weighted by Gasteiger charge is -2.25. The summed E-state index contributed by atoms with van der Waals surface area (Å²) < 4.78 is 0.332. The van der Waals surface area contributed by atoms with Crippen LogP contribution in [0.5, 0.6) is 0 Å². The van der Waals surface area contributed by atoms with E-state index in [1.807, 2.05) is 4.90 Å². The summed E-state index contributed by atoms with van der Waals surface area (Å²) >= 11 is 2.31. The molecule has 1 saturated heterocycles. The maximum Gasteiger partial charge on any atom is 0.223 e. The average Bonchev–Trinajstić information content (AvgIpc) is 2.06. The Balaban J connectivity index is 2.68. The Morgan fingerprint density at radius 2 is 2.15 bits per heavy atom. The Hall–Kier alpha value is 0.200.